The summed E-state index contributed by atoms with van der Waals surface area (Å²) in [4.78, 5) is 0. The highest BCUT2D eigenvalue weighted by Gasteiger charge is 2.24. The maximum absolute atomic E-state index is 2.45. The molecule has 2 aliphatic rings. The average Bonchev–Trinajstić information content (AvgIpc) is 3.31. The fraction of sp³-hybridized carbons (Fsp3) is 0.250. The van der Waals surface area contributed by atoms with E-state index in [-0.39, 0.29) is 0 Å². The maximum Gasteiger partial charge on any atom is 0.0351 e. The van der Waals surface area contributed by atoms with Crippen molar-refractivity contribution >= 4 is 33.1 Å². The zero-order chi connectivity index (χ0) is 17.0. The predicted octanol–water partition coefficient (Wildman–Crippen LogP) is 7.13. The Bertz CT molecular complexity index is 1050. The van der Waals surface area contributed by atoms with Gasteiger partial charge in [-0.2, -0.15) is 0 Å². The van der Waals surface area contributed by atoms with Crippen LogP contribution in [0.5, 0.6) is 0 Å². The lowest BCUT2D eigenvalue weighted by Gasteiger charge is -2.14. The smallest absolute Gasteiger partial charge is 0.0351 e. The number of allylic oxidation sites excluding steroid dienone is 3. The molecule has 1 aromatic heterocycles. The fourth-order valence-electron chi connectivity index (χ4n) is 4.65. The predicted molar refractivity (Wildman–Crippen MR) is 110 cm³/mol. The van der Waals surface area contributed by atoms with Crippen LogP contribution in [-0.2, 0) is 6.42 Å². The van der Waals surface area contributed by atoms with E-state index in [4.69, 9.17) is 0 Å². The first-order chi connectivity index (χ1) is 12.2. The molecule has 0 radical (unpaired) electrons. The second-order valence-electron chi connectivity index (χ2n) is 7.43. The monoisotopic (exact) mass is 342 g/mol. The largest absolute Gasteiger partial charge is 0.144 e. The van der Waals surface area contributed by atoms with E-state index in [2.05, 4.69) is 67.8 Å². The quantitative estimate of drug-likeness (QED) is 0.475. The van der Waals surface area contributed by atoms with Gasteiger partial charge in [0.1, 0.15) is 0 Å². The summed E-state index contributed by atoms with van der Waals surface area (Å²) in [6, 6.07) is 13.6. The molecular weight excluding hydrogens is 320 g/mol. The van der Waals surface area contributed by atoms with E-state index in [0.29, 0.717) is 5.92 Å². The minimum absolute atomic E-state index is 0.576. The van der Waals surface area contributed by atoms with Crippen LogP contribution in [-0.4, -0.2) is 0 Å². The zero-order valence-electron chi connectivity index (χ0n) is 14.8. The molecule has 0 aliphatic heterocycles. The molecule has 0 N–H and O–H groups in total. The van der Waals surface area contributed by atoms with E-state index >= 15 is 0 Å². The fourth-order valence-corrected chi connectivity index (χ4v) is 5.53. The van der Waals surface area contributed by atoms with Crippen molar-refractivity contribution in [1.29, 1.82) is 0 Å². The lowest BCUT2D eigenvalue weighted by molar-refractivity contribution is 0.767. The highest BCUT2D eigenvalue weighted by Crippen LogP contribution is 2.43. The second kappa shape index (κ2) is 5.71. The van der Waals surface area contributed by atoms with Crippen LogP contribution in [0, 0.1) is 6.92 Å². The molecule has 1 heteroatoms. The summed E-state index contributed by atoms with van der Waals surface area (Å²) in [6.45, 7) is 4.64. The summed E-state index contributed by atoms with van der Waals surface area (Å²) in [7, 11) is 0. The summed E-state index contributed by atoms with van der Waals surface area (Å²) in [5, 5.41) is 3.68. The van der Waals surface area contributed by atoms with Crippen molar-refractivity contribution in [3.05, 3.63) is 81.2 Å². The van der Waals surface area contributed by atoms with E-state index in [1.807, 2.05) is 11.3 Å². The Morgan fingerprint density at radius 3 is 2.92 bits per heavy atom. The third kappa shape index (κ3) is 2.33. The molecule has 0 bridgehead atoms. The standard InChI is InChI=1S/C24H22S/c1-15-13-22-16(2)20-11-12-25-24(20)14-23(22)19(15)10-9-18-8-7-17-5-3-4-6-21(17)18/h3-8,11-12,14,18H,9-10,13H2,1-2H3. The van der Waals surface area contributed by atoms with Gasteiger partial charge in [-0.05, 0) is 89.4 Å². The normalized spacial score (nSPS) is 18.2. The van der Waals surface area contributed by atoms with Gasteiger partial charge in [-0.15, -0.1) is 11.3 Å². The Kier molecular flexibility index (Phi) is 3.46. The Morgan fingerprint density at radius 1 is 1.12 bits per heavy atom. The lowest BCUT2D eigenvalue weighted by Crippen LogP contribution is -1.95. The molecule has 124 valence electrons. The molecule has 2 aliphatic carbocycles. The van der Waals surface area contributed by atoms with Crippen molar-refractivity contribution in [2.45, 2.75) is 39.0 Å². The van der Waals surface area contributed by atoms with Crippen LogP contribution in [0.25, 0.3) is 21.7 Å². The Hall–Kier alpha value is -2.12. The summed E-state index contributed by atoms with van der Waals surface area (Å²) in [6.07, 6.45) is 8.21. The van der Waals surface area contributed by atoms with Crippen molar-refractivity contribution < 1.29 is 0 Å². The van der Waals surface area contributed by atoms with E-state index in [0.717, 1.165) is 6.42 Å². The molecule has 1 atom stereocenters. The number of hydrogen-bond acceptors (Lipinski definition) is 1. The van der Waals surface area contributed by atoms with Crippen molar-refractivity contribution in [2.75, 3.05) is 0 Å². The summed E-state index contributed by atoms with van der Waals surface area (Å²) >= 11 is 1.87. The highest BCUT2D eigenvalue weighted by molar-refractivity contribution is 7.17. The SMILES string of the molecule is CC1=C(CCC2C=Cc3ccccc32)c2cc3sccc3c(C)c2C1. The van der Waals surface area contributed by atoms with Gasteiger partial charge in [-0.1, -0.05) is 42.0 Å². The van der Waals surface area contributed by atoms with Gasteiger partial charge in [0.15, 0.2) is 0 Å². The van der Waals surface area contributed by atoms with Crippen molar-refractivity contribution in [3.8, 4) is 0 Å². The number of hydrogen-bond donors (Lipinski definition) is 0. The molecule has 0 spiro atoms. The molecule has 1 heterocycles. The number of thiophene rings is 1. The van der Waals surface area contributed by atoms with Gasteiger partial charge < -0.3 is 0 Å². The minimum Gasteiger partial charge on any atom is -0.144 e. The molecule has 1 unspecified atom stereocenters. The van der Waals surface area contributed by atoms with Gasteiger partial charge in [0.2, 0.25) is 0 Å². The topological polar surface area (TPSA) is 0 Å². The molecule has 0 saturated heterocycles. The first kappa shape index (κ1) is 15.2. The molecule has 0 saturated carbocycles. The van der Waals surface area contributed by atoms with E-state index in [9.17, 15) is 0 Å². The van der Waals surface area contributed by atoms with Crippen LogP contribution in [0.2, 0.25) is 0 Å². The molecule has 25 heavy (non-hydrogen) atoms. The number of fused-ring (bicyclic) bond motifs is 3. The van der Waals surface area contributed by atoms with E-state index in [1.165, 1.54) is 45.2 Å². The van der Waals surface area contributed by atoms with Crippen LogP contribution in [0.15, 0.2) is 53.4 Å². The number of benzene rings is 2. The highest BCUT2D eigenvalue weighted by atomic mass is 32.1. The van der Waals surface area contributed by atoms with Crippen LogP contribution >= 0.6 is 11.3 Å². The molecule has 2 aromatic carbocycles. The molecule has 0 nitrogen and oxygen atoms in total. The molecule has 0 amide bonds. The van der Waals surface area contributed by atoms with Gasteiger partial charge in [-0.3, -0.25) is 0 Å². The van der Waals surface area contributed by atoms with Crippen molar-refractivity contribution in [2.24, 2.45) is 0 Å². The first-order valence-corrected chi connectivity index (χ1v) is 10.1. The van der Waals surface area contributed by atoms with E-state index < -0.39 is 0 Å². The van der Waals surface area contributed by atoms with Gasteiger partial charge in [-0.25, -0.2) is 0 Å². The zero-order valence-corrected chi connectivity index (χ0v) is 15.6. The lowest BCUT2D eigenvalue weighted by atomic mass is 9.91. The molecule has 5 rings (SSSR count). The van der Waals surface area contributed by atoms with Crippen LogP contribution in [0.1, 0.15) is 53.5 Å². The van der Waals surface area contributed by atoms with Gasteiger partial charge in [0, 0.05) is 10.6 Å². The van der Waals surface area contributed by atoms with E-state index in [1.54, 1.807) is 16.7 Å². The number of rotatable bonds is 3. The molecule has 3 aromatic rings. The Balaban J connectivity index is 1.46. The second-order valence-corrected chi connectivity index (χ2v) is 8.38. The minimum atomic E-state index is 0.576. The Labute approximate surface area is 153 Å². The van der Waals surface area contributed by atoms with Crippen molar-refractivity contribution in [1.82, 2.24) is 0 Å². The summed E-state index contributed by atoms with van der Waals surface area (Å²) in [5.41, 5.74) is 10.7. The maximum atomic E-state index is 2.45. The van der Waals surface area contributed by atoms with Crippen molar-refractivity contribution in [3.63, 3.8) is 0 Å². The van der Waals surface area contributed by atoms with Gasteiger partial charge >= 0.3 is 0 Å². The Morgan fingerprint density at radius 2 is 2.00 bits per heavy atom. The third-order valence-electron chi connectivity index (χ3n) is 6.04. The van der Waals surface area contributed by atoms with Gasteiger partial charge in [0.05, 0.1) is 0 Å². The first-order valence-electron chi connectivity index (χ1n) is 9.18. The average molecular weight is 343 g/mol. The van der Waals surface area contributed by atoms with Crippen LogP contribution in [0.3, 0.4) is 0 Å². The summed E-state index contributed by atoms with van der Waals surface area (Å²) in [5.74, 6) is 0.576. The molecule has 0 fully saturated rings. The van der Waals surface area contributed by atoms with Crippen LogP contribution < -0.4 is 0 Å². The molecular formula is C24H22S. The summed E-state index contributed by atoms with van der Waals surface area (Å²) < 4.78 is 1.44. The number of aryl methyl sites for hydroxylation is 1. The third-order valence-corrected chi connectivity index (χ3v) is 6.91. The van der Waals surface area contributed by atoms with Crippen LogP contribution in [0.4, 0.5) is 0 Å². The van der Waals surface area contributed by atoms with Gasteiger partial charge in [0.25, 0.3) is 0 Å².